The lowest BCUT2D eigenvalue weighted by molar-refractivity contribution is -0.157. The summed E-state index contributed by atoms with van der Waals surface area (Å²) in [6.45, 7) is 7.22. The summed E-state index contributed by atoms with van der Waals surface area (Å²) in [5.74, 6) is 0.176. The third-order valence-corrected chi connectivity index (χ3v) is 2.14. The third-order valence-electron chi connectivity index (χ3n) is 2.14. The highest BCUT2D eigenvalue weighted by atomic mass is 16.6. The fourth-order valence-electron chi connectivity index (χ4n) is 1.44. The van der Waals surface area contributed by atoms with Crippen LogP contribution in [-0.2, 0) is 16.0 Å². The van der Waals surface area contributed by atoms with E-state index < -0.39 is 11.6 Å². The molecule has 0 aliphatic heterocycles. The third kappa shape index (κ3) is 5.08. The molecule has 1 aromatic carbocycles. The Kier molecular flexibility index (Phi) is 4.59. The number of carbonyl (C=O) groups is 1. The van der Waals surface area contributed by atoms with E-state index in [-0.39, 0.29) is 12.4 Å². The highest BCUT2D eigenvalue weighted by Gasteiger charge is 2.16. The molecule has 1 aromatic rings. The molecule has 0 atom stereocenters. The van der Waals surface area contributed by atoms with Crippen LogP contribution in [0.2, 0.25) is 0 Å². The van der Waals surface area contributed by atoms with E-state index in [2.05, 4.69) is 0 Å². The largest absolute Gasteiger partial charge is 0.508 e. The maximum Gasteiger partial charge on any atom is 0.344 e. The van der Waals surface area contributed by atoms with Gasteiger partial charge >= 0.3 is 5.97 Å². The van der Waals surface area contributed by atoms with E-state index >= 15 is 0 Å². The minimum absolute atomic E-state index is 0.133. The summed E-state index contributed by atoms with van der Waals surface area (Å²) < 4.78 is 10.4. The molecule has 0 unspecified atom stereocenters. The van der Waals surface area contributed by atoms with Crippen LogP contribution in [0.1, 0.15) is 33.3 Å². The predicted octanol–water partition coefficient (Wildman–Crippen LogP) is 2.68. The summed E-state index contributed by atoms with van der Waals surface area (Å²) in [4.78, 5) is 11.5. The Balaban J connectivity index is 2.58. The molecule has 0 aliphatic rings. The fourth-order valence-corrected chi connectivity index (χ4v) is 1.44. The molecule has 0 spiro atoms. The number of benzene rings is 1. The smallest absolute Gasteiger partial charge is 0.344 e. The van der Waals surface area contributed by atoms with Crippen molar-refractivity contribution in [2.24, 2.45) is 0 Å². The van der Waals surface area contributed by atoms with Gasteiger partial charge in [0.15, 0.2) is 6.61 Å². The second-order valence-electron chi connectivity index (χ2n) is 5.06. The number of phenols is 1. The number of aromatic hydroxyl groups is 1. The van der Waals surface area contributed by atoms with E-state index in [1.165, 1.54) is 6.07 Å². The van der Waals surface area contributed by atoms with Gasteiger partial charge in [-0.15, -0.1) is 0 Å². The van der Waals surface area contributed by atoms with Crippen molar-refractivity contribution in [2.75, 3.05) is 6.61 Å². The monoisotopic (exact) mass is 252 g/mol. The van der Waals surface area contributed by atoms with Gasteiger partial charge in [0.1, 0.15) is 17.1 Å². The molecule has 1 N–H and O–H groups in total. The van der Waals surface area contributed by atoms with Gasteiger partial charge in [0.25, 0.3) is 0 Å². The molecule has 100 valence electrons. The Hall–Kier alpha value is -1.71. The second-order valence-corrected chi connectivity index (χ2v) is 5.06. The van der Waals surface area contributed by atoms with Crippen LogP contribution in [0.15, 0.2) is 18.2 Å². The number of aryl methyl sites for hydroxylation is 1. The molecule has 0 heterocycles. The number of carbonyl (C=O) groups excluding carboxylic acids is 1. The normalized spacial score (nSPS) is 11.1. The zero-order valence-corrected chi connectivity index (χ0v) is 11.3. The van der Waals surface area contributed by atoms with Gasteiger partial charge in [-0.1, -0.05) is 6.92 Å². The number of rotatable bonds is 4. The molecule has 18 heavy (non-hydrogen) atoms. The number of ether oxygens (including phenoxy) is 2. The zero-order valence-electron chi connectivity index (χ0n) is 11.3. The van der Waals surface area contributed by atoms with E-state index in [1.807, 2.05) is 6.92 Å². The quantitative estimate of drug-likeness (QED) is 0.837. The van der Waals surface area contributed by atoms with Gasteiger partial charge in [0, 0.05) is 6.07 Å². The van der Waals surface area contributed by atoms with Gasteiger partial charge in [0.05, 0.1) is 0 Å². The van der Waals surface area contributed by atoms with Crippen molar-refractivity contribution in [3.8, 4) is 11.5 Å². The number of hydrogen-bond donors (Lipinski definition) is 1. The minimum Gasteiger partial charge on any atom is -0.508 e. The maximum absolute atomic E-state index is 11.5. The number of esters is 1. The molecule has 0 saturated carbocycles. The van der Waals surface area contributed by atoms with Crippen molar-refractivity contribution in [1.82, 2.24) is 0 Å². The van der Waals surface area contributed by atoms with Crippen molar-refractivity contribution in [3.05, 3.63) is 23.8 Å². The van der Waals surface area contributed by atoms with E-state index in [4.69, 9.17) is 9.47 Å². The molecule has 0 saturated heterocycles. The Labute approximate surface area is 108 Å². The summed E-state index contributed by atoms with van der Waals surface area (Å²) in [5, 5.41) is 9.48. The van der Waals surface area contributed by atoms with Gasteiger partial charge in [-0.05, 0) is 44.9 Å². The lowest BCUT2D eigenvalue weighted by Gasteiger charge is -2.19. The second kappa shape index (κ2) is 5.76. The van der Waals surface area contributed by atoms with Crippen LogP contribution in [-0.4, -0.2) is 23.3 Å². The Morgan fingerprint density at radius 2 is 1.94 bits per heavy atom. The molecule has 0 fully saturated rings. The first-order chi connectivity index (χ1) is 8.30. The molecule has 0 aliphatic carbocycles. The van der Waals surface area contributed by atoms with Crippen LogP contribution < -0.4 is 4.74 Å². The molecular weight excluding hydrogens is 232 g/mol. The first-order valence-electron chi connectivity index (χ1n) is 5.98. The highest BCUT2D eigenvalue weighted by molar-refractivity contribution is 5.71. The lowest BCUT2D eigenvalue weighted by Crippen LogP contribution is -2.27. The van der Waals surface area contributed by atoms with Crippen LogP contribution >= 0.6 is 0 Å². The van der Waals surface area contributed by atoms with Crippen molar-refractivity contribution >= 4 is 5.97 Å². The van der Waals surface area contributed by atoms with Crippen LogP contribution in [0, 0.1) is 0 Å². The zero-order chi connectivity index (χ0) is 13.8. The van der Waals surface area contributed by atoms with Crippen molar-refractivity contribution in [3.63, 3.8) is 0 Å². The molecule has 0 aromatic heterocycles. The Morgan fingerprint density at radius 3 is 2.50 bits per heavy atom. The molecule has 4 nitrogen and oxygen atoms in total. The average Bonchev–Trinajstić information content (AvgIpc) is 2.23. The summed E-state index contributed by atoms with van der Waals surface area (Å²) in [5.41, 5.74) is 0.433. The summed E-state index contributed by atoms with van der Waals surface area (Å²) in [6, 6.07) is 4.94. The Bertz CT molecular complexity index is 418. The SMILES string of the molecule is CCc1cc(O)cc(OCC(=O)OC(C)(C)C)c1. The van der Waals surface area contributed by atoms with Gasteiger partial charge in [0.2, 0.25) is 0 Å². The van der Waals surface area contributed by atoms with Gasteiger partial charge in [-0.3, -0.25) is 0 Å². The number of hydrogen-bond acceptors (Lipinski definition) is 4. The first-order valence-corrected chi connectivity index (χ1v) is 5.98. The van der Waals surface area contributed by atoms with E-state index in [0.29, 0.717) is 5.75 Å². The predicted molar refractivity (Wildman–Crippen MR) is 68.8 cm³/mol. The van der Waals surface area contributed by atoms with Gasteiger partial charge in [-0.2, -0.15) is 0 Å². The van der Waals surface area contributed by atoms with Gasteiger partial charge in [-0.25, -0.2) is 4.79 Å². The van der Waals surface area contributed by atoms with Crippen LogP contribution in [0.3, 0.4) is 0 Å². The van der Waals surface area contributed by atoms with E-state index in [0.717, 1.165) is 12.0 Å². The standard InChI is InChI=1S/C14H20O4/c1-5-10-6-11(15)8-12(7-10)17-9-13(16)18-14(2,3)4/h6-8,15H,5,9H2,1-4H3. The fraction of sp³-hybridized carbons (Fsp3) is 0.500. The maximum atomic E-state index is 11.5. The average molecular weight is 252 g/mol. The summed E-state index contributed by atoms with van der Waals surface area (Å²) in [7, 11) is 0. The Morgan fingerprint density at radius 1 is 1.28 bits per heavy atom. The van der Waals surface area contributed by atoms with Crippen molar-refractivity contribution < 1.29 is 19.4 Å². The number of phenolic OH excluding ortho intramolecular Hbond substituents is 1. The molecule has 0 bridgehead atoms. The van der Waals surface area contributed by atoms with Crippen LogP contribution in [0.25, 0.3) is 0 Å². The molecule has 0 radical (unpaired) electrons. The van der Waals surface area contributed by atoms with Gasteiger partial charge < -0.3 is 14.6 Å². The summed E-state index contributed by atoms with van der Waals surface area (Å²) >= 11 is 0. The van der Waals surface area contributed by atoms with Crippen molar-refractivity contribution in [2.45, 2.75) is 39.7 Å². The van der Waals surface area contributed by atoms with Crippen molar-refractivity contribution in [1.29, 1.82) is 0 Å². The molecular formula is C14H20O4. The van der Waals surface area contributed by atoms with Crippen LogP contribution in [0.5, 0.6) is 11.5 Å². The minimum atomic E-state index is -0.520. The molecule has 1 rings (SSSR count). The lowest BCUT2D eigenvalue weighted by atomic mass is 10.1. The summed E-state index contributed by atoms with van der Waals surface area (Å²) in [6.07, 6.45) is 0.789. The molecule has 0 amide bonds. The first kappa shape index (κ1) is 14.4. The topological polar surface area (TPSA) is 55.8 Å². The molecule has 4 heteroatoms. The van der Waals surface area contributed by atoms with E-state index in [9.17, 15) is 9.90 Å². The van der Waals surface area contributed by atoms with Crippen LogP contribution in [0.4, 0.5) is 0 Å². The highest BCUT2D eigenvalue weighted by Crippen LogP contribution is 2.22. The van der Waals surface area contributed by atoms with E-state index in [1.54, 1.807) is 32.9 Å².